The van der Waals surface area contributed by atoms with E-state index in [0.29, 0.717) is 5.57 Å². The Labute approximate surface area is 98.2 Å². The van der Waals surface area contributed by atoms with Crippen molar-refractivity contribution in [3.05, 3.63) is 12.2 Å². The van der Waals surface area contributed by atoms with Crippen LogP contribution in [0.5, 0.6) is 0 Å². The van der Waals surface area contributed by atoms with Crippen molar-refractivity contribution >= 4 is 5.97 Å². The quantitative estimate of drug-likeness (QED) is 0.420. The highest BCUT2D eigenvalue weighted by Crippen LogP contribution is 1.99. The lowest BCUT2D eigenvalue weighted by atomic mass is 10.4. The van der Waals surface area contributed by atoms with Gasteiger partial charge in [-0.05, 0) is 40.8 Å². The third-order valence-corrected chi connectivity index (χ3v) is 2.18. The summed E-state index contributed by atoms with van der Waals surface area (Å²) in [5.41, 5.74) is 0.429. The predicted molar refractivity (Wildman–Crippen MR) is 64.1 cm³/mol. The van der Waals surface area contributed by atoms with Gasteiger partial charge in [-0.3, -0.25) is 4.90 Å². The van der Waals surface area contributed by atoms with E-state index in [1.54, 1.807) is 18.7 Å². The van der Waals surface area contributed by atoms with E-state index in [1.165, 1.54) is 12.8 Å². The zero-order chi connectivity index (χ0) is 12.6. The number of hydrogen-bond acceptors (Lipinski definition) is 4. The number of nitrogens with zero attached hydrogens (tertiary/aromatic N) is 1. The molecule has 0 aromatic heterocycles. The standard InChI is InChI=1S/C8H15NO2.C4H8O/c1-6(2)8(10)11-7(3)9(4)5;1-2-4-5-3-1/h7H,1H2,2-5H3;1-4H2. The third-order valence-electron chi connectivity index (χ3n) is 2.18. The summed E-state index contributed by atoms with van der Waals surface area (Å²) in [5.74, 6) is -0.341. The van der Waals surface area contributed by atoms with Crippen LogP contribution in [0.25, 0.3) is 0 Å². The molecule has 0 aromatic rings. The van der Waals surface area contributed by atoms with E-state index in [9.17, 15) is 4.79 Å². The number of esters is 1. The average molecular weight is 229 g/mol. The Balaban J connectivity index is 0.000000368. The molecule has 1 aliphatic rings. The summed E-state index contributed by atoms with van der Waals surface area (Å²) in [5, 5.41) is 0. The Kier molecular flexibility index (Phi) is 7.85. The van der Waals surface area contributed by atoms with Crippen molar-refractivity contribution in [3.63, 3.8) is 0 Å². The average Bonchev–Trinajstić information content (AvgIpc) is 2.74. The Morgan fingerprint density at radius 3 is 2.12 bits per heavy atom. The summed E-state index contributed by atoms with van der Waals surface area (Å²) in [6.07, 6.45) is 2.36. The van der Waals surface area contributed by atoms with E-state index < -0.39 is 0 Å². The predicted octanol–water partition coefficient (Wildman–Crippen LogP) is 1.81. The summed E-state index contributed by atoms with van der Waals surface area (Å²) in [4.78, 5) is 12.7. The van der Waals surface area contributed by atoms with Gasteiger partial charge in [-0.2, -0.15) is 0 Å². The normalized spacial score (nSPS) is 16.3. The van der Waals surface area contributed by atoms with Gasteiger partial charge in [0.25, 0.3) is 0 Å². The lowest BCUT2D eigenvalue weighted by molar-refractivity contribution is -0.150. The molecule has 0 spiro atoms. The van der Waals surface area contributed by atoms with Gasteiger partial charge in [-0.25, -0.2) is 4.79 Å². The maximum absolute atomic E-state index is 10.9. The lowest BCUT2D eigenvalue weighted by Gasteiger charge is -2.19. The third kappa shape index (κ3) is 7.43. The highest BCUT2D eigenvalue weighted by molar-refractivity contribution is 5.87. The summed E-state index contributed by atoms with van der Waals surface area (Å²) >= 11 is 0. The topological polar surface area (TPSA) is 38.8 Å². The van der Waals surface area contributed by atoms with Crippen LogP contribution in [0.1, 0.15) is 26.7 Å². The first kappa shape index (κ1) is 15.1. The molecule has 4 heteroatoms. The zero-order valence-corrected chi connectivity index (χ0v) is 10.8. The first-order valence-corrected chi connectivity index (χ1v) is 5.55. The highest BCUT2D eigenvalue weighted by Gasteiger charge is 2.10. The second kappa shape index (κ2) is 8.30. The number of carbonyl (C=O) groups excluding carboxylic acids is 1. The van der Waals surface area contributed by atoms with Crippen LogP contribution < -0.4 is 0 Å². The molecule has 0 aliphatic carbocycles. The van der Waals surface area contributed by atoms with E-state index in [1.807, 2.05) is 14.1 Å². The minimum atomic E-state index is -0.341. The first-order valence-electron chi connectivity index (χ1n) is 5.55. The molecule has 0 saturated carbocycles. The molecule has 94 valence electrons. The van der Waals surface area contributed by atoms with Crippen molar-refractivity contribution in [1.82, 2.24) is 4.90 Å². The minimum absolute atomic E-state index is 0.195. The molecule has 0 N–H and O–H groups in total. The lowest BCUT2D eigenvalue weighted by Crippen LogP contribution is -2.30. The van der Waals surface area contributed by atoms with Crippen LogP contribution in [-0.2, 0) is 14.3 Å². The smallest absolute Gasteiger partial charge is 0.334 e. The molecular weight excluding hydrogens is 206 g/mol. The van der Waals surface area contributed by atoms with E-state index in [0.717, 1.165) is 13.2 Å². The van der Waals surface area contributed by atoms with Gasteiger partial charge in [0.15, 0.2) is 6.23 Å². The molecule has 1 aliphatic heterocycles. The number of rotatable bonds is 3. The van der Waals surface area contributed by atoms with E-state index in [4.69, 9.17) is 9.47 Å². The molecule has 0 radical (unpaired) electrons. The van der Waals surface area contributed by atoms with Crippen molar-refractivity contribution < 1.29 is 14.3 Å². The monoisotopic (exact) mass is 229 g/mol. The summed E-state index contributed by atoms with van der Waals surface area (Å²) in [6.45, 7) is 8.91. The van der Waals surface area contributed by atoms with Gasteiger partial charge in [-0.1, -0.05) is 6.58 Å². The number of carbonyl (C=O) groups is 1. The van der Waals surface area contributed by atoms with Crippen LogP contribution >= 0.6 is 0 Å². The Bertz CT molecular complexity index is 215. The molecular formula is C12H23NO3. The Morgan fingerprint density at radius 1 is 1.38 bits per heavy atom. The van der Waals surface area contributed by atoms with E-state index in [-0.39, 0.29) is 12.2 Å². The number of ether oxygens (including phenoxy) is 2. The van der Waals surface area contributed by atoms with Gasteiger partial charge < -0.3 is 9.47 Å². The van der Waals surface area contributed by atoms with Gasteiger partial charge in [0, 0.05) is 18.8 Å². The fourth-order valence-electron chi connectivity index (χ4n) is 0.871. The number of hydrogen-bond donors (Lipinski definition) is 0. The maximum atomic E-state index is 10.9. The second-order valence-corrected chi connectivity index (χ2v) is 4.07. The van der Waals surface area contributed by atoms with Crippen molar-refractivity contribution in [2.75, 3.05) is 27.3 Å². The van der Waals surface area contributed by atoms with E-state index in [2.05, 4.69) is 6.58 Å². The van der Waals surface area contributed by atoms with Crippen LogP contribution in [-0.4, -0.2) is 44.4 Å². The van der Waals surface area contributed by atoms with Crippen LogP contribution in [0.3, 0.4) is 0 Å². The van der Waals surface area contributed by atoms with Crippen LogP contribution in [0.4, 0.5) is 0 Å². The van der Waals surface area contributed by atoms with Crippen LogP contribution in [0.2, 0.25) is 0 Å². The SMILES string of the molecule is C1CCOC1.C=C(C)C(=O)OC(C)N(C)C. The largest absolute Gasteiger partial charge is 0.443 e. The molecule has 0 bridgehead atoms. The summed E-state index contributed by atoms with van der Waals surface area (Å²) in [7, 11) is 3.69. The van der Waals surface area contributed by atoms with Crippen molar-refractivity contribution in [3.8, 4) is 0 Å². The van der Waals surface area contributed by atoms with Crippen LogP contribution in [0.15, 0.2) is 12.2 Å². The summed E-state index contributed by atoms with van der Waals surface area (Å²) < 4.78 is 9.91. The molecule has 1 atom stereocenters. The molecule has 1 fully saturated rings. The summed E-state index contributed by atoms with van der Waals surface area (Å²) in [6, 6.07) is 0. The first-order chi connectivity index (χ1) is 7.45. The molecule has 1 heterocycles. The zero-order valence-electron chi connectivity index (χ0n) is 10.8. The van der Waals surface area contributed by atoms with Crippen molar-refractivity contribution in [2.45, 2.75) is 32.9 Å². The second-order valence-electron chi connectivity index (χ2n) is 4.07. The van der Waals surface area contributed by atoms with Crippen molar-refractivity contribution in [2.24, 2.45) is 0 Å². The molecule has 1 unspecified atom stereocenters. The Morgan fingerprint density at radius 2 is 1.88 bits per heavy atom. The van der Waals surface area contributed by atoms with Gasteiger partial charge in [0.05, 0.1) is 0 Å². The molecule has 1 rings (SSSR count). The minimum Gasteiger partial charge on any atom is -0.443 e. The van der Waals surface area contributed by atoms with Gasteiger partial charge in [0.1, 0.15) is 0 Å². The van der Waals surface area contributed by atoms with E-state index >= 15 is 0 Å². The molecule has 0 amide bonds. The maximum Gasteiger partial charge on any atom is 0.334 e. The fraction of sp³-hybridized carbons (Fsp3) is 0.750. The van der Waals surface area contributed by atoms with Crippen LogP contribution in [0, 0.1) is 0 Å². The molecule has 4 nitrogen and oxygen atoms in total. The molecule has 16 heavy (non-hydrogen) atoms. The van der Waals surface area contributed by atoms with Gasteiger partial charge in [-0.15, -0.1) is 0 Å². The highest BCUT2D eigenvalue weighted by atomic mass is 16.6. The molecule has 1 saturated heterocycles. The van der Waals surface area contributed by atoms with Crippen molar-refractivity contribution in [1.29, 1.82) is 0 Å². The molecule has 0 aromatic carbocycles. The Hall–Kier alpha value is -0.870. The van der Waals surface area contributed by atoms with Gasteiger partial charge in [0.2, 0.25) is 0 Å². The fourth-order valence-corrected chi connectivity index (χ4v) is 0.871. The van der Waals surface area contributed by atoms with Gasteiger partial charge >= 0.3 is 5.97 Å².